The Morgan fingerprint density at radius 2 is 1.67 bits per heavy atom. The van der Waals surface area contributed by atoms with Gasteiger partial charge in [-0.05, 0) is 68.8 Å². The van der Waals surface area contributed by atoms with E-state index in [1.54, 1.807) is 0 Å². The van der Waals surface area contributed by atoms with Gasteiger partial charge >= 0.3 is 0 Å². The first-order valence-corrected chi connectivity index (χ1v) is 13.1. The summed E-state index contributed by atoms with van der Waals surface area (Å²) in [5.41, 5.74) is 1.25. The third-order valence-electron chi connectivity index (χ3n) is 6.64. The van der Waals surface area contributed by atoms with Gasteiger partial charge in [0.2, 0.25) is 5.95 Å². The van der Waals surface area contributed by atoms with E-state index >= 15 is 0 Å². The molecule has 0 aliphatic carbocycles. The summed E-state index contributed by atoms with van der Waals surface area (Å²) < 4.78 is 0. The van der Waals surface area contributed by atoms with E-state index in [0.29, 0.717) is 5.92 Å². The molecule has 0 unspecified atom stereocenters. The monoisotopic (exact) mass is 492 g/mol. The lowest BCUT2D eigenvalue weighted by Crippen LogP contribution is -2.37. The average molecular weight is 493 g/mol. The third kappa shape index (κ3) is 6.39. The van der Waals surface area contributed by atoms with Gasteiger partial charge in [-0.1, -0.05) is 13.8 Å². The molecule has 2 saturated heterocycles. The minimum Gasteiger partial charge on any atom is -0.395 e. The average Bonchev–Trinajstić information content (AvgIpc) is 2.84. The zero-order valence-corrected chi connectivity index (χ0v) is 22.1. The largest absolute Gasteiger partial charge is 0.395 e. The van der Waals surface area contributed by atoms with Gasteiger partial charge in [-0.2, -0.15) is 4.98 Å². The summed E-state index contributed by atoms with van der Waals surface area (Å²) in [6, 6.07) is 4.04. The number of pyridine rings is 2. The second-order valence-corrected chi connectivity index (χ2v) is 10.1. The normalized spacial score (nSPS) is 15.6. The van der Waals surface area contributed by atoms with Gasteiger partial charge in [0.15, 0.2) is 0 Å². The SMILES string of the molecule is CC(C)c1cnc(N2CCC2)c2cnc(Nc3ccnc(N4CCCCC4)n3)cc12.CN(C)CCO. The van der Waals surface area contributed by atoms with Gasteiger partial charge in [0.1, 0.15) is 17.5 Å². The molecule has 0 radical (unpaired) electrons. The van der Waals surface area contributed by atoms with Crippen LogP contribution in [-0.4, -0.2) is 83.4 Å². The van der Waals surface area contributed by atoms with Crippen LogP contribution in [0, 0.1) is 0 Å². The lowest BCUT2D eigenvalue weighted by molar-refractivity contribution is 0.243. The van der Waals surface area contributed by atoms with Crippen LogP contribution in [0.2, 0.25) is 0 Å². The molecule has 0 bridgehead atoms. The molecule has 2 fully saturated rings. The van der Waals surface area contributed by atoms with Crippen LogP contribution in [0.4, 0.5) is 23.4 Å². The summed E-state index contributed by atoms with van der Waals surface area (Å²) in [4.78, 5) is 25.2. The Labute approximate surface area is 214 Å². The molecule has 2 aliphatic rings. The maximum absolute atomic E-state index is 8.20. The lowest BCUT2D eigenvalue weighted by Gasteiger charge is -2.33. The van der Waals surface area contributed by atoms with Crippen molar-refractivity contribution in [2.24, 2.45) is 0 Å². The van der Waals surface area contributed by atoms with Crippen LogP contribution in [-0.2, 0) is 0 Å². The predicted molar refractivity (Wildman–Crippen MR) is 147 cm³/mol. The first-order valence-electron chi connectivity index (χ1n) is 13.1. The number of aliphatic hydroxyl groups excluding tert-OH is 1. The number of hydrogen-bond acceptors (Lipinski definition) is 9. The fourth-order valence-electron chi connectivity index (χ4n) is 4.45. The Morgan fingerprint density at radius 3 is 2.28 bits per heavy atom. The van der Waals surface area contributed by atoms with Gasteiger partial charge in [-0.3, -0.25) is 0 Å². The van der Waals surface area contributed by atoms with Gasteiger partial charge in [0.25, 0.3) is 0 Å². The number of aromatic nitrogens is 4. The Balaban J connectivity index is 0.000000455. The Kier molecular flexibility index (Phi) is 8.88. The molecular weight excluding hydrogens is 452 g/mol. The molecule has 5 heterocycles. The van der Waals surface area contributed by atoms with Crippen LogP contribution >= 0.6 is 0 Å². The fraction of sp³-hybridized carbons (Fsp3) is 0.556. The van der Waals surface area contributed by atoms with Crippen LogP contribution in [0.1, 0.15) is 51.0 Å². The maximum Gasteiger partial charge on any atom is 0.227 e. The van der Waals surface area contributed by atoms with Crippen LogP contribution in [0.3, 0.4) is 0 Å². The molecule has 194 valence electrons. The third-order valence-corrected chi connectivity index (χ3v) is 6.64. The number of nitrogens with one attached hydrogen (secondary N) is 1. The van der Waals surface area contributed by atoms with Crippen molar-refractivity contribution in [1.82, 2.24) is 24.8 Å². The summed E-state index contributed by atoms with van der Waals surface area (Å²) in [5.74, 6) is 3.82. The highest BCUT2D eigenvalue weighted by Gasteiger charge is 2.21. The highest BCUT2D eigenvalue weighted by molar-refractivity contribution is 5.96. The number of fused-ring (bicyclic) bond motifs is 1. The van der Waals surface area contributed by atoms with Crippen LogP contribution in [0.15, 0.2) is 30.7 Å². The summed E-state index contributed by atoms with van der Waals surface area (Å²) in [6.07, 6.45) is 10.8. The standard InChI is InChI=1S/C23H29N7.C4H11NO/c1-16(2)18-14-26-22(29-11-6-12-29)19-15-25-21(13-17(18)19)27-20-7-8-24-23(28-20)30-9-4-3-5-10-30;1-5(2)3-4-6/h7-8,13-16H,3-6,9-12H2,1-2H3,(H,24,25,27,28);6H,3-4H2,1-2H3. The molecule has 5 rings (SSSR count). The van der Waals surface area contributed by atoms with Gasteiger partial charge in [-0.25, -0.2) is 15.0 Å². The minimum atomic E-state index is 0.257. The number of anilines is 4. The summed E-state index contributed by atoms with van der Waals surface area (Å²) in [5, 5.41) is 13.9. The summed E-state index contributed by atoms with van der Waals surface area (Å²) in [6.45, 7) is 9.65. The Morgan fingerprint density at radius 1 is 0.917 bits per heavy atom. The number of nitrogens with zero attached hydrogens (tertiary/aromatic N) is 7. The second-order valence-electron chi connectivity index (χ2n) is 10.1. The number of rotatable bonds is 7. The molecule has 9 heteroatoms. The number of likely N-dealkylation sites (N-methyl/N-ethyl adjacent to an activating group) is 1. The van der Waals surface area contributed by atoms with Crippen molar-refractivity contribution in [3.05, 3.63) is 36.3 Å². The molecule has 3 aromatic heterocycles. The Hall–Kier alpha value is -3.04. The quantitative estimate of drug-likeness (QED) is 0.507. The molecule has 0 spiro atoms. The molecule has 9 nitrogen and oxygen atoms in total. The van der Waals surface area contributed by atoms with Crippen molar-refractivity contribution < 1.29 is 5.11 Å². The van der Waals surface area contributed by atoms with Gasteiger partial charge < -0.3 is 25.1 Å². The van der Waals surface area contributed by atoms with E-state index in [4.69, 9.17) is 20.1 Å². The van der Waals surface area contributed by atoms with Crippen LogP contribution < -0.4 is 15.1 Å². The zero-order chi connectivity index (χ0) is 25.5. The van der Waals surface area contributed by atoms with Crippen molar-refractivity contribution in [3.63, 3.8) is 0 Å². The first-order chi connectivity index (χ1) is 17.5. The Bertz CT molecular complexity index is 1130. The topological polar surface area (TPSA) is 93.5 Å². The molecule has 36 heavy (non-hydrogen) atoms. The van der Waals surface area contributed by atoms with E-state index in [0.717, 1.165) is 61.5 Å². The molecule has 0 atom stereocenters. The summed E-state index contributed by atoms with van der Waals surface area (Å²) in [7, 11) is 3.85. The number of aliphatic hydroxyl groups is 1. The summed E-state index contributed by atoms with van der Waals surface area (Å²) >= 11 is 0. The highest BCUT2D eigenvalue weighted by atomic mass is 16.3. The fourth-order valence-corrected chi connectivity index (χ4v) is 4.45. The van der Waals surface area contributed by atoms with Crippen molar-refractivity contribution in [3.8, 4) is 0 Å². The van der Waals surface area contributed by atoms with Crippen LogP contribution in [0.25, 0.3) is 10.8 Å². The molecule has 3 aromatic rings. The van der Waals surface area contributed by atoms with E-state index in [1.807, 2.05) is 43.7 Å². The minimum absolute atomic E-state index is 0.257. The molecule has 0 amide bonds. The van der Waals surface area contributed by atoms with Gasteiger partial charge in [0.05, 0.1) is 6.61 Å². The molecule has 0 saturated carbocycles. The van der Waals surface area contributed by atoms with E-state index in [1.165, 1.54) is 36.6 Å². The van der Waals surface area contributed by atoms with E-state index in [-0.39, 0.29) is 6.61 Å². The molecule has 0 aromatic carbocycles. The predicted octanol–water partition coefficient (Wildman–Crippen LogP) is 4.03. The zero-order valence-electron chi connectivity index (χ0n) is 22.1. The number of hydrogen-bond donors (Lipinski definition) is 2. The molecular formula is C27H40N8O. The van der Waals surface area contributed by atoms with Gasteiger partial charge in [-0.15, -0.1) is 0 Å². The highest BCUT2D eigenvalue weighted by Crippen LogP contribution is 2.34. The lowest BCUT2D eigenvalue weighted by atomic mass is 9.98. The van der Waals surface area contributed by atoms with Crippen molar-refractivity contribution in [2.45, 2.75) is 45.4 Å². The molecule has 2 aliphatic heterocycles. The first kappa shape index (κ1) is 26.0. The van der Waals surface area contributed by atoms with E-state index in [9.17, 15) is 0 Å². The van der Waals surface area contributed by atoms with Crippen LogP contribution in [0.5, 0.6) is 0 Å². The maximum atomic E-state index is 8.20. The second kappa shape index (κ2) is 12.3. The van der Waals surface area contributed by atoms with Crippen molar-refractivity contribution >= 4 is 34.2 Å². The molecule has 2 N–H and O–H groups in total. The van der Waals surface area contributed by atoms with Crippen molar-refractivity contribution in [1.29, 1.82) is 0 Å². The smallest absolute Gasteiger partial charge is 0.227 e. The van der Waals surface area contributed by atoms with Crippen molar-refractivity contribution in [2.75, 3.05) is 68.5 Å². The number of piperidine rings is 1. The van der Waals surface area contributed by atoms with E-state index < -0.39 is 0 Å². The van der Waals surface area contributed by atoms with Gasteiger partial charge in [0, 0.05) is 56.7 Å². The van der Waals surface area contributed by atoms with E-state index in [2.05, 4.69) is 40.0 Å².